The minimum Gasteiger partial charge on any atom is -0.458 e. The van der Waals surface area contributed by atoms with E-state index in [1.165, 1.54) is 12.7 Å². The van der Waals surface area contributed by atoms with E-state index in [2.05, 4.69) is 10.3 Å². The molecule has 8 heteroatoms. The molecule has 120 valence electrons. The van der Waals surface area contributed by atoms with E-state index in [1.54, 1.807) is 24.3 Å². The Hall–Kier alpha value is -2.84. The number of fused-ring (bicyclic) bond motifs is 1. The first kappa shape index (κ1) is 14.7. The number of nitrogens with zero attached hydrogens (tertiary/aromatic N) is 1. The number of aromatic nitrogens is 1. The fourth-order valence-corrected chi connectivity index (χ4v) is 3.06. The predicted octanol–water partition coefficient (Wildman–Crippen LogP) is 2.83. The van der Waals surface area contributed by atoms with Crippen LogP contribution >= 0.6 is 11.8 Å². The molecule has 2 N–H and O–H groups in total. The number of oxazole rings is 1. The Morgan fingerprint density at radius 3 is 2.88 bits per heavy atom. The Morgan fingerprint density at radius 2 is 2.17 bits per heavy atom. The van der Waals surface area contributed by atoms with Gasteiger partial charge in [-0.2, -0.15) is 0 Å². The smallest absolute Gasteiger partial charge is 0.290 e. The second-order valence-electron chi connectivity index (χ2n) is 5.11. The van der Waals surface area contributed by atoms with Crippen molar-refractivity contribution in [3.8, 4) is 0 Å². The van der Waals surface area contributed by atoms with E-state index in [1.807, 2.05) is 6.07 Å². The third-order valence-corrected chi connectivity index (χ3v) is 4.31. The number of nitrogens with one attached hydrogen (secondary N) is 1. The van der Waals surface area contributed by atoms with Crippen LogP contribution in [0.2, 0.25) is 0 Å². The van der Waals surface area contributed by atoms with E-state index >= 15 is 0 Å². The molecular weight excluding hydrogens is 332 g/mol. The maximum absolute atomic E-state index is 11.6. The minimum absolute atomic E-state index is 0.339. The van der Waals surface area contributed by atoms with Crippen LogP contribution in [0.25, 0.3) is 17.0 Å². The van der Waals surface area contributed by atoms with Crippen LogP contribution in [0.1, 0.15) is 23.1 Å². The molecule has 2 aromatic heterocycles. The fraction of sp³-hybridized carbons (Fsp3) is 0.0625. The number of amides is 2. The summed E-state index contributed by atoms with van der Waals surface area (Å²) in [6.45, 7) is 0. The highest BCUT2D eigenvalue weighted by Crippen LogP contribution is 2.30. The summed E-state index contributed by atoms with van der Waals surface area (Å²) < 4.78 is 10.5. The molecule has 3 heterocycles. The molecule has 1 saturated heterocycles. The molecule has 0 saturated carbocycles. The first-order valence-corrected chi connectivity index (χ1v) is 7.76. The van der Waals surface area contributed by atoms with E-state index in [9.17, 15) is 14.7 Å². The zero-order valence-electron chi connectivity index (χ0n) is 12.1. The molecule has 0 bridgehead atoms. The maximum atomic E-state index is 11.6. The zero-order chi connectivity index (χ0) is 16.7. The SMILES string of the molecule is O=C1NC(=O)/C(=C/c2ccc3oc(C(O)c4cocn4)cc3c2)S1. The Labute approximate surface area is 139 Å². The normalized spacial score (nSPS) is 17.6. The maximum Gasteiger partial charge on any atom is 0.290 e. The molecule has 1 aliphatic heterocycles. The Balaban J connectivity index is 1.68. The molecule has 24 heavy (non-hydrogen) atoms. The number of imide groups is 1. The van der Waals surface area contributed by atoms with Crippen LogP contribution in [0.5, 0.6) is 0 Å². The number of hydrogen-bond donors (Lipinski definition) is 2. The Bertz CT molecular complexity index is 974. The van der Waals surface area contributed by atoms with Gasteiger partial charge in [0.05, 0.1) is 4.91 Å². The van der Waals surface area contributed by atoms with Gasteiger partial charge in [0.25, 0.3) is 11.1 Å². The van der Waals surface area contributed by atoms with Gasteiger partial charge in [-0.05, 0) is 41.6 Å². The lowest BCUT2D eigenvalue weighted by molar-refractivity contribution is -0.115. The number of benzene rings is 1. The Morgan fingerprint density at radius 1 is 1.29 bits per heavy atom. The summed E-state index contributed by atoms with van der Waals surface area (Å²) in [6, 6.07) is 7.01. The zero-order valence-corrected chi connectivity index (χ0v) is 12.9. The van der Waals surface area contributed by atoms with Crippen molar-refractivity contribution in [1.82, 2.24) is 10.3 Å². The first-order valence-electron chi connectivity index (χ1n) is 6.94. The largest absolute Gasteiger partial charge is 0.458 e. The van der Waals surface area contributed by atoms with Gasteiger partial charge < -0.3 is 13.9 Å². The van der Waals surface area contributed by atoms with Gasteiger partial charge in [0, 0.05) is 5.39 Å². The summed E-state index contributed by atoms with van der Waals surface area (Å²) in [5.74, 6) is -0.0636. The van der Waals surface area contributed by atoms with Crippen LogP contribution < -0.4 is 5.32 Å². The number of aliphatic hydroxyl groups is 1. The molecule has 3 aromatic rings. The van der Waals surface area contributed by atoms with Gasteiger partial charge in [-0.1, -0.05) is 6.07 Å². The summed E-state index contributed by atoms with van der Waals surface area (Å²) >= 11 is 0.862. The Kier molecular flexibility index (Phi) is 3.47. The highest BCUT2D eigenvalue weighted by Gasteiger charge is 2.25. The number of carbonyl (C=O) groups is 2. The predicted molar refractivity (Wildman–Crippen MR) is 85.9 cm³/mol. The van der Waals surface area contributed by atoms with Crippen molar-refractivity contribution in [3.63, 3.8) is 0 Å². The van der Waals surface area contributed by atoms with Gasteiger partial charge in [0.1, 0.15) is 23.3 Å². The van der Waals surface area contributed by atoms with Crippen molar-refractivity contribution >= 4 is 40.0 Å². The van der Waals surface area contributed by atoms with Crippen molar-refractivity contribution < 1.29 is 23.5 Å². The van der Waals surface area contributed by atoms with Crippen LogP contribution in [0.4, 0.5) is 4.79 Å². The molecule has 1 aromatic carbocycles. The number of rotatable bonds is 3. The fourth-order valence-electron chi connectivity index (χ4n) is 2.38. The molecule has 0 radical (unpaired) electrons. The third kappa shape index (κ3) is 2.61. The van der Waals surface area contributed by atoms with E-state index in [0.717, 1.165) is 22.7 Å². The van der Waals surface area contributed by atoms with Crippen molar-refractivity contribution in [1.29, 1.82) is 0 Å². The molecule has 7 nitrogen and oxygen atoms in total. The average molecular weight is 342 g/mol. The van der Waals surface area contributed by atoms with Crippen molar-refractivity contribution in [3.05, 3.63) is 58.8 Å². The van der Waals surface area contributed by atoms with Gasteiger partial charge in [-0.25, -0.2) is 4.98 Å². The summed E-state index contributed by atoms with van der Waals surface area (Å²) in [5.41, 5.74) is 1.70. The van der Waals surface area contributed by atoms with Crippen molar-refractivity contribution in [2.75, 3.05) is 0 Å². The molecule has 4 rings (SSSR count). The lowest BCUT2D eigenvalue weighted by Crippen LogP contribution is -2.17. The van der Waals surface area contributed by atoms with Gasteiger partial charge in [0.2, 0.25) is 0 Å². The number of thioether (sulfide) groups is 1. The summed E-state index contributed by atoms with van der Waals surface area (Å²) in [4.78, 5) is 27.0. The number of aliphatic hydroxyl groups excluding tert-OH is 1. The quantitative estimate of drug-likeness (QED) is 0.705. The lowest BCUT2D eigenvalue weighted by atomic mass is 10.1. The molecular formula is C16H10N2O5S. The lowest BCUT2D eigenvalue weighted by Gasteiger charge is -2.01. The second-order valence-corrected chi connectivity index (χ2v) is 6.13. The summed E-state index contributed by atoms with van der Waals surface area (Å²) in [5, 5.41) is 12.8. The molecule has 1 unspecified atom stereocenters. The minimum atomic E-state index is -1.02. The van der Waals surface area contributed by atoms with Crippen LogP contribution in [0, 0.1) is 0 Å². The van der Waals surface area contributed by atoms with Gasteiger partial charge in [-0.3, -0.25) is 14.9 Å². The highest BCUT2D eigenvalue weighted by atomic mass is 32.2. The van der Waals surface area contributed by atoms with Crippen LogP contribution in [-0.2, 0) is 4.79 Å². The molecule has 1 aliphatic rings. The van der Waals surface area contributed by atoms with Gasteiger partial charge >= 0.3 is 0 Å². The van der Waals surface area contributed by atoms with E-state index in [-0.39, 0.29) is 5.24 Å². The van der Waals surface area contributed by atoms with E-state index in [4.69, 9.17) is 8.83 Å². The topological polar surface area (TPSA) is 106 Å². The molecule has 1 atom stereocenters. The number of furan rings is 1. The van der Waals surface area contributed by atoms with Crippen LogP contribution in [0.3, 0.4) is 0 Å². The number of hydrogen-bond acceptors (Lipinski definition) is 7. The standard InChI is InChI=1S/C16H10N2O5S/c19-14(10-6-22-7-17-10)12-5-9-3-8(1-2-11(9)23-12)4-13-15(20)18-16(21)24-13/h1-7,14,19H,(H,18,20,21)/b13-4-. The van der Waals surface area contributed by atoms with Crippen molar-refractivity contribution in [2.24, 2.45) is 0 Å². The van der Waals surface area contributed by atoms with Gasteiger partial charge in [0.15, 0.2) is 12.5 Å². The average Bonchev–Trinajstić information content (AvgIpc) is 3.27. The summed E-state index contributed by atoms with van der Waals surface area (Å²) in [6.07, 6.45) is 3.19. The van der Waals surface area contributed by atoms with E-state index in [0.29, 0.717) is 21.9 Å². The molecule has 2 amide bonds. The third-order valence-electron chi connectivity index (χ3n) is 3.50. The van der Waals surface area contributed by atoms with Gasteiger partial charge in [-0.15, -0.1) is 0 Å². The molecule has 1 fully saturated rings. The molecule has 0 aliphatic carbocycles. The van der Waals surface area contributed by atoms with Crippen molar-refractivity contribution in [2.45, 2.75) is 6.10 Å². The number of carbonyl (C=O) groups excluding carboxylic acids is 2. The second kappa shape index (κ2) is 5.66. The highest BCUT2D eigenvalue weighted by molar-refractivity contribution is 8.18. The van der Waals surface area contributed by atoms with Crippen LogP contribution in [-0.4, -0.2) is 21.2 Å². The first-order chi connectivity index (χ1) is 11.6. The van der Waals surface area contributed by atoms with Crippen LogP contribution in [0.15, 0.2) is 50.7 Å². The summed E-state index contributed by atoms with van der Waals surface area (Å²) in [7, 11) is 0. The van der Waals surface area contributed by atoms with E-state index < -0.39 is 12.0 Å². The monoisotopic (exact) mass is 342 g/mol. The molecule has 0 spiro atoms.